The van der Waals surface area contributed by atoms with E-state index in [2.05, 4.69) is 46.7 Å². The Balaban J connectivity index is 0.000000177. The number of hydrogen-bond donors (Lipinski definition) is 0. The van der Waals surface area contributed by atoms with Crippen LogP contribution in [-0.2, 0) is 30.3 Å². The van der Waals surface area contributed by atoms with Crippen molar-refractivity contribution in [2.24, 2.45) is 0 Å². The van der Waals surface area contributed by atoms with Gasteiger partial charge in [-0.05, 0) is 6.42 Å². The van der Waals surface area contributed by atoms with Gasteiger partial charge in [0, 0.05) is 0 Å². The molecule has 0 heterocycles. The van der Waals surface area contributed by atoms with Crippen molar-refractivity contribution in [2.75, 3.05) is 0 Å². The van der Waals surface area contributed by atoms with Crippen LogP contribution in [0.15, 0.2) is 72.8 Å². The van der Waals surface area contributed by atoms with E-state index in [-0.39, 0.29) is 0 Å². The van der Waals surface area contributed by atoms with E-state index in [1.807, 2.05) is 36.4 Å². The second-order valence-electron chi connectivity index (χ2n) is 4.36. The first-order chi connectivity index (χ1) is 9.95. The molecule has 0 aromatic heterocycles. The summed E-state index contributed by atoms with van der Waals surface area (Å²) in [7, 11) is 0. The van der Waals surface area contributed by atoms with Crippen LogP contribution in [0.5, 0.6) is 0 Å². The molecule has 1 heteroatoms. The first kappa shape index (κ1) is 14.9. The summed E-state index contributed by atoms with van der Waals surface area (Å²) in [6, 6.07) is 28.1. The average molecular weight is 423 g/mol. The Kier molecular flexibility index (Phi) is 5.94. The molecule has 20 heavy (non-hydrogen) atoms. The zero-order valence-electron chi connectivity index (χ0n) is 11.3. The van der Waals surface area contributed by atoms with Gasteiger partial charge >= 0.3 is 28.2 Å². The van der Waals surface area contributed by atoms with Crippen LogP contribution in [0.25, 0.3) is 11.1 Å². The molecule has 0 fully saturated rings. The summed E-state index contributed by atoms with van der Waals surface area (Å²) in [4.78, 5) is 0. The number of benzene rings is 2. The minimum Gasteiger partial charge on any atom is -0.214 e. The second-order valence-corrected chi connectivity index (χ2v) is 4.36. The first-order valence-electron chi connectivity index (χ1n) is 6.55. The molecular weight excluding hydrogens is 407 g/mol. The molecule has 96 valence electrons. The van der Waals surface area contributed by atoms with Crippen molar-refractivity contribution in [3.05, 3.63) is 90.0 Å². The van der Waals surface area contributed by atoms with E-state index >= 15 is 0 Å². The van der Waals surface area contributed by atoms with E-state index in [4.69, 9.17) is 0 Å². The van der Waals surface area contributed by atoms with Gasteiger partial charge in [0.05, 0.1) is 0 Å². The van der Waals surface area contributed by atoms with E-state index in [0.717, 1.165) is 30.3 Å². The van der Waals surface area contributed by atoms with Crippen molar-refractivity contribution in [2.45, 2.75) is 6.42 Å². The third-order valence-electron chi connectivity index (χ3n) is 3.17. The zero-order valence-corrected chi connectivity index (χ0v) is 14.9. The SMILES string of the molecule is [CH2]=[Hf+2].[c-]1cccc2c1Cc1ccccc1-2.c1cc[cH-]c1. The third-order valence-corrected chi connectivity index (χ3v) is 3.17. The fourth-order valence-corrected chi connectivity index (χ4v) is 2.32. The van der Waals surface area contributed by atoms with Crippen LogP contribution in [-0.4, -0.2) is 4.26 Å². The molecule has 4 rings (SSSR count). The van der Waals surface area contributed by atoms with Gasteiger partial charge in [0.2, 0.25) is 0 Å². The smallest absolute Gasteiger partial charge is 0.0253 e. The molecular formula is C19H16Hf. The van der Waals surface area contributed by atoms with Crippen molar-refractivity contribution >= 4 is 4.26 Å². The van der Waals surface area contributed by atoms with Crippen molar-refractivity contribution in [3.8, 4) is 11.1 Å². The maximum Gasteiger partial charge on any atom is -0.0253 e. The molecule has 3 aromatic rings. The van der Waals surface area contributed by atoms with Crippen LogP contribution in [0, 0.1) is 6.07 Å². The molecule has 0 radical (unpaired) electrons. The Hall–Kier alpha value is -1.47. The quantitative estimate of drug-likeness (QED) is 0.290. The normalized spacial score (nSPS) is 10.3. The van der Waals surface area contributed by atoms with Gasteiger partial charge < -0.3 is 0 Å². The van der Waals surface area contributed by atoms with Gasteiger partial charge in [-0.3, -0.25) is 0 Å². The van der Waals surface area contributed by atoms with Crippen LogP contribution < -0.4 is 0 Å². The van der Waals surface area contributed by atoms with Crippen LogP contribution in [0.4, 0.5) is 0 Å². The summed E-state index contributed by atoms with van der Waals surface area (Å²) in [5.74, 6) is 0. The summed E-state index contributed by atoms with van der Waals surface area (Å²) >= 11 is 1.06. The van der Waals surface area contributed by atoms with Gasteiger partial charge in [0.25, 0.3) is 0 Å². The topological polar surface area (TPSA) is 0 Å². The molecule has 0 atom stereocenters. The first-order valence-corrected chi connectivity index (χ1v) is 9.09. The largest absolute Gasteiger partial charge is 0.214 e. The summed E-state index contributed by atoms with van der Waals surface area (Å²) in [5.41, 5.74) is 5.51. The second kappa shape index (κ2) is 7.96. The van der Waals surface area contributed by atoms with E-state index in [1.54, 1.807) is 0 Å². The number of rotatable bonds is 0. The molecule has 0 unspecified atom stereocenters. The van der Waals surface area contributed by atoms with E-state index < -0.39 is 0 Å². The Morgan fingerprint density at radius 1 is 0.900 bits per heavy atom. The molecule has 0 N–H and O–H groups in total. The predicted molar refractivity (Wildman–Crippen MR) is 82.7 cm³/mol. The maximum atomic E-state index is 3.39. The molecule has 0 saturated heterocycles. The summed E-state index contributed by atoms with van der Waals surface area (Å²) in [6.07, 6.45) is 1.05. The monoisotopic (exact) mass is 424 g/mol. The molecule has 0 spiro atoms. The predicted octanol–water partition coefficient (Wildman–Crippen LogP) is 4.43. The van der Waals surface area contributed by atoms with Crippen molar-refractivity contribution in [3.63, 3.8) is 0 Å². The maximum absolute atomic E-state index is 3.39. The Morgan fingerprint density at radius 2 is 1.60 bits per heavy atom. The molecule has 3 aromatic carbocycles. The van der Waals surface area contributed by atoms with E-state index in [1.165, 1.54) is 22.3 Å². The van der Waals surface area contributed by atoms with Gasteiger partial charge in [0.15, 0.2) is 0 Å². The molecule has 0 aliphatic heterocycles. The molecule has 0 amide bonds. The van der Waals surface area contributed by atoms with Crippen LogP contribution in [0.2, 0.25) is 0 Å². The molecule has 0 nitrogen and oxygen atoms in total. The van der Waals surface area contributed by atoms with Gasteiger partial charge in [0.1, 0.15) is 0 Å². The van der Waals surface area contributed by atoms with E-state index in [9.17, 15) is 0 Å². The average Bonchev–Trinajstić information content (AvgIpc) is 3.20. The third kappa shape index (κ3) is 3.55. The van der Waals surface area contributed by atoms with Gasteiger partial charge in [-0.2, -0.15) is 48.0 Å². The van der Waals surface area contributed by atoms with Crippen LogP contribution in [0.1, 0.15) is 11.1 Å². The Labute approximate surface area is 135 Å². The minimum atomic E-state index is 1.05. The fourth-order valence-electron chi connectivity index (χ4n) is 2.32. The van der Waals surface area contributed by atoms with Crippen molar-refractivity contribution < 1.29 is 23.9 Å². The standard InChI is InChI=1S/C13H9.C5H5.CH2.Hf/c1-3-7-12-10(5-1)9-11-6-2-4-8-13(11)12;1-2-4-5-3-1;;/h1-5,7-8H,9H2;1-5H;1H2;/q2*-1;;+2. The van der Waals surface area contributed by atoms with Gasteiger partial charge in [-0.1, -0.05) is 35.4 Å². The Bertz CT molecular complexity index is 578. The molecule has 0 bridgehead atoms. The van der Waals surface area contributed by atoms with Crippen LogP contribution >= 0.6 is 0 Å². The summed E-state index contributed by atoms with van der Waals surface area (Å²) < 4.78 is 3.39. The van der Waals surface area contributed by atoms with Gasteiger partial charge in [-0.25, -0.2) is 12.1 Å². The van der Waals surface area contributed by atoms with Gasteiger partial charge in [-0.15, -0.1) is 5.56 Å². The van der Waals surface area contributed by atoms with Crippen LogP contribution in [0.3, 0.4) is 0 Å². The number of hydrogen-bond acceptors (Lipinski definition) is 0. The minimum absolute atomic E-state index is 1.05. The summed E-state index contributed by atoms with van der Waals surface area (Å²) in [6.45, 7) is 0. The zero-order chi connectivity index (χ0) is 14.2. The van der Waals surface area contributed by atoms with Crippen molar-refractivity contribution in [1.82, 2.24) is 0 Å². The van der Waals surface area contributed by atoms with E-state index in [0.29, 0.717) is 0 Å². The Morgan fingerprint density at radius 3 is 2.30 bits per heavy atom. The number of fused-ring (bicyclic) bond motifs is 3. The molecule has 1 aliphatic rings. The molecule has 1 aliphatic carbocycles. The molecule has 0 saturated carbocycles. The van der Waals surface area contributed by atoms with Crippen molar-refractivity contribution in [1.29, 1.82) is 0 Å². The summed E-state index contributed by atoms with van der Waals surface area (Å²) in [5, 5.41) is 0. The fraction of sp³-hybridized carbons (Fsp3) is 0.0526.